The summed E-state index contributed by atoms with van der Waals surface area (Å²) in [6.07, 6.45) is 1.14. The number of rotatable bonds is 4. The van der Waals surface area contributed by atoms with Gasteiger partial charge < -0.3 is 10.6 Å². The maximum absolute atomic E-state index is 12.7. The van der Waals surface area contributed by atoms with Gasteiger partial charge >= 0.3 is 0 Å². The molecule has 0 atom stereocenters. The molecule has 1 fully saturated rings. The Morgan fingerprint density at radius 1 is 0.958 bits per heavy atom. The van der Waals surface area contributed by atoms with Crippen molar-refractivity contribution in [2.75, 3.05) is 10.6 Å². The quantitative estimate of drug-likeness (QED) is 0.763. The van der Waals surface area contributed by atoms with Crippen LogP contribution in [0.4, 0.5) is 11.4 Å². The summed E-state index contributed by atoms with van der Waals surface area (Å²) in [6, 6.07) is 13.2. The van der Waals surface area contributed by atoms with Crippen LogP contribution < -0.4 is 10.6 Å². The monoisotopic (exact) mass is 386 g/mol. The molecule has 0 saturated heterocycles. The Hall–Kier alpha value is -2.14. The molecule has 0 heterocycles. The van der Waals surface area contributed by atoms with Crippen LogP contribution in [0.25, 0.3) is 0 Å². The van der Waals surface area contributed by atoms with Crippen molar-refractivity contribution in [1.82, 2.24) is 0 Å². The number of halogens is 1. The van der Waals surface area contributed by atoms with Crippen LogP contribution in [0.15, 0.2) is 46.9 Å². The van der Waals surface area contributed by atoms with Gasteiger partial charge in [0.15, 0.2) is 0 Å². The Morgan fingerprint density at radius 2 is 1.54 bits per heavy atom. The number of benzene rings is 2. The topological polar surface area (TPSA) is 58.2 Å². The van der Waals surface area contributed by atoms with E-state index in [-0.39, 0.29) is 11.8 Å². The Bertz CT molecular complexity index is 793. The van der Waals surface area contributed by atoms with Crippen molar-refractivity contribution in [2.45, 2.75) is 26.7 Å². The van der Waals surface area contributed by atoms with Crippen molar-refractivity contribution >= 4 is 39.1 Å². The molecule has 3 rings (SSSR count). The molecule has 0 unspecified atom stereocenters. The second kappa shape index (κ2) is 6.40. The van der Waals surface area contributed by atoms with Crippen molar-refractivity contribution in [3.8, 4) is 0 Å². The lowest BCUT2D eigenvalue weighted by atomic mass is 10.0. The molecule has 0 bridgehead atoms. The molecule has 0 aliphatic heterocycles. The zero-order chi connectivity index (χ0) is 17.3. The van der Waals surface area contributed by atoms with Crippen molar-refractivity contribution < 1.29 is 9.59 Å². The average molecular weight is 387 g/mol. The molecule has 1 saturated carbocycles. The zero-order valence-corrected chi connectivity index (χ0v) is 15.2. The van der Waals surface area contributed by atoms with Gasteiger partial charge in [0.2, 0.25) is 11.8 Å². The van der Waals surface area contributed by atoms with Crippen LogP contribution >= 0.6 is 15.9 Å². The van der Waals surface area contributed by atoms with E-state index in [0.717, 1.165) is 21.3 Å². The normalized spacial score (nSPS) is 14.8. The lowest BCUT2D eigenvalue weighted by molar-refractivity contribution is -0.131. The van der Waals surface area contributed by atoms with E-state index >= 15 is 0 Å². The maximum atomic E-state index is 12.7. The van der Waals surface area contributed by atoms with Crippen molar-refractivity contribution in [2.24, 2.45) is 5.41 Å². The minimum absolute atomic E-state index is 0.239. The molecule has 1 aliphatic rings. The third kappa shape index (κ3) is 3.36. The molecule has 2 N–H and O–H groups in total. The Balaban J connectivity index is 1.74. The van der Waals surface area contributed by atoms with Crippen LogP contribution in [-0.2, 0) is 9.59 Å². The highest BCUT2D eigenvalue weighted by Crippen LogP contribution is 2.47. The molecule has 0 radical (unpaired) electrons. The summed E-state index contributed by atoms with van der Waals surface area (Å²) in [5.41, 5.74) is 2.60. The molecule has 0 spiro atoms. The van der Waals surface area contributed by atoms with Crippen molar-refractivity contribution in [3.63, 3.8) is 0 Å². The first-order chi connectivity index (χ1) is 11.4. The van der Waals surface area contributed by atoms with Crippen molar-refractivity contribution in [3.05, 3.63) is 58.1 Å². The van der Waals surface area contributed by atoms with E-state index in [9.17, 15) is 9.59 Å². The van der Waals surface area contributed by atoms with Crippen LogP contribution in [0.5, 0.6) is 0 Å². The van der Waals surface area contributed by atoms with E-state index in [1.165, 1.54) is 0 Å². The largest absolute Gasteiger partial charge is 0.325 e. The minimum Gasteiger partial charge on any atom is -0.325 e. The number of carbonyl (C=O) groups is 2. The van der Waals surface area contributed by atoms with Gasteiger partial charge in [0, 0.05) is 10.2 Å². The predicted octanol–water partition coefficient (Wildman–Crippen LogP) is 4.42. The predicted molar refractivity (Wildman–Crippen MR) is 99.0 cm³/mol. The number of hydrogen-bond donors (Lipinski definition) is 2. The van der Waals surface area contributed by atoms with E-state index < -0.39 is 5.41 Å². The van der Waals surface area contributed by atoms with Crippen LogP contribution in [0.3, 0.4) is 0 Å². The molecule has 0 aromatic heterocycles. The Morgan fingerprint density at radius 3 is 2.12 bits per heavy atom. The second-order valence-corrected chi connectivity index (χ2v) is 7.20. The van der Waals surface area contributed by atoms with Gasteiger partial charge in [-0.05, 0) is 78.0 Å². The summed E-state index contributed by atoms with van der Waals surface area (Å²) >= 11 is 3.40. The fraction of sp³-hybridized carbons (Fsp3) is 0.263. The van der Waals surface area contributed by atoms with Gasteiger partial charge in [0.05, 0.1) is 5.69 Å². The van der Waals surface area contributed by atoms with Gasteiger partial charge in [-0.2, -0.15) is 0 Å². The molecule has 2 aromatic carbocycles. The van der Waals surface area contributed by atoms with Gasteiger partial charge in [-0.3, -0.25) is 9.59 Å². The van der Waals surface area contributed by atoms with E-state index in [4.69, 9.17) is 0 Å². The Kier molecular flexibility index (Phi) is 4.45. The van der Waals surface area contributed by atoms with E-state index in [1.54, 1.807) is 6.07 Å². The van der Waals surface area contributed by atoms with Crippen LogP contribution in [0.1, 0.15) is 24.0 Å². The highest BCUT2D eigenvalue weighted by Gasteiger charge is 2.56. The van der Waals surface area contributed by atoms with Crippen LogP contribution in [0, 0.1) is 19.3 Å². The number of amides is 2. The summed E-state index contributed by atoms with van der Waals surface area (Å²) < 4.78 is 0.795. The SMILES string of the molecule is Cc1cc(C)cc(NC(=O)C2(C(=O)Nc3ccccc3Br)CC2)c1. The standard InChI is InChI=1S/C19H19BrN2O2/c1-12-9-13(2)11-14(10-12)21-17(23)19(7-8-19)18(24)22-16-6-4-3-5-15(16)20/h3-6,9-11H,7-8H2,1-2H3,(H,21,23)(H,22,24). The van der Waals surface area contributed by atoms with Gasteiger partial charge in [0.25, 0.3) is 0 Å². The fourth-order valence-electron chi connectivity index (χ4n) is 2.78. The average Bonchev–Trinajstić information content (AvgIpc) is 3.30. The molecule has 5 heteroatoms. The molecule has 124 valence electrons. The zero-order valence-electron chi connectivity index (χ0n) is 13.7. The van der Waals surface area contributed by atoms with Crippen LogP contribution in [0.2, 0.25) is 0 Å². The highest BCUT2D eigenvalue weighted by atomic mass is 79.9. The van der Waals surface area contributed by atoms with Gasteiger partial charge in [0.1, 0.15) is 5.41 Å². The number of hydrogen-bond acceptors (Lipinski definition) is 2. The highest BCUT2D eigenvalue weighted by molar-refractivity contribution is 9.10. The summed E-state index contributed by atoms with van der Waals surface area (Å²) in [5, 5.41) is 5.75. The molecule has 2 aromatic rings. The van der Waals surface area contributed by atoms with E-state index in [2.05, 4.69) is 26.6 Å². The molecule has 24 heavy (non-hydrogen) atoms. The first-order valence-electron chi connectivity index (χ1n) is 7.86. The first kappa shape index (κ1) is 16.7. The molecular weight excluding hydrogens is 368 g/mol. The van der Waals surface area contributed by atoms with Gasteiger partial charge in [-0.15, -0.1) is 0 Å². The lowest BCUT2D eigenvalue weighted by Crippen LogP contribution is -2.35. The number of carbonyl (C=O) groups excluding carboxylic acids is 2. The smallest absolute Gasteiger partial charge is 0.240 e. The van der Waals surface area contributed by atoms with Gasteiger partial charge in [-0.1, -0.05) is 18.2 Å². The number of nitrogens with one attached hydrogen (secondary N) is 2. The molecule has 1 aliphatic carbocycles. The lowest BCUT2D eigenvalue weighted by Gasteiger charge is -2.16. The second-order valence-electron chi connectivity index (χ2n) is 6.35. The first-order valence-corrected chi connectivity index (χ1v) is 8.66. The van der Waals surface area contributed by atoms with E-state index in [1.807, 2.05) is 50.2 Å². The van der Waals surface area contributed by atoms with Crippen LogP contribution in [-0.4, -0.2) is 11.8 Å². The fourth-order valence-corrected chi connectivity index (χ4v) is 3.17. The number of aryl methyl sites for hydroxylation is 2. The van der Waals surface area contributed by atoms with E-state index in [0.29, 0.717) is 18.5 Å². The molecular formula is C19H19BrN2O2. The molecule has 2 amide bonds. The Labute approximate surface area is 149 Å². The molecule has 4 nitrogen and oxygen atoms in total. The summed E-state index contributed by atoms with van der Waals surface area (Å²) in [7, 11) is 0. The summed E-state index contributed by atoms with van der Waals surface area (Å²) in [6.45, 7) is 3.96. The number of para-hydroxylation sites is 1. The third-order valence-corrected chi connectivity index (χ3v) is 4.91. The number of anilines is 2. The van der Waals surface area contributed by atoms with Crippen molar-refractivity contribution in [1.29, 1.82) is 0 Å². The van der Waals surface area contributed by atoms with Gasteiger partial charge in [-0.25, -0.2) is 0 Å². The third-order valence-electron chi connectivity index (χ3n) is 4.22. The summed E-state index contributed by atoms with van der Waals surface area (Å²) in [5.74, 6) is -0.492. The minimum atomic E-state index is -0.965. The maximum Gasteiger partial charge on any atom is 0.240 e. The summed E-state index contributed by atoms with van der Waals surface area (Å²) in [4.78, 5) is 25.3.